The van der Waals surface area contributed by atoms with Crippen LogP contribution in [0, 0.1) is 0 Å². The Morgan fingerprint density at radius 1 is 0.939 bits per heavy atom. The number of amides is 2. The summed E-state index contributed by atoms with van der Waals surface area (Å²) in [5.41, 5.74) is 6.47. The number of benzene rings is 2. The van der Waals surface area contributed by atoms with E-state index in [4.69, 9.17) is 19.9 Å². The molecule has 2 N–H and O–H groups in total. The van der Waals surface area contributed by atoms with Gasteiger partial charge in [-0.2, -0.15) is 0 Å². The second-order valence-electron chi connectivity index (χ2n) is 7.72. The van der Waals surface area contributed by atoms with Gasteiger partial charge in [0, 0.05) is 32.7 Å². The van der Waals surface area contributed by atoms with Crippen LogP contribution in [0.15, 0.2) is 48.5 Å². The summed E-state index contributed by atoms with van der Waals surface area (Å²) in [7, 11) is 1.64. The van der Waals surface area contributed by atoms with E-state index in [9.17, 15) is 14.4 Å². The van der Waals surface area contributed by atoms with E-state index in [1.807, 2.05) is 24.3 Å². The van der Waals surface area contributed by atoms with Gasteiger partial charge in [-0.05, 0) is 42.3 Å². The lowest BCUT2D eigenvalue weighted by atomic mass is 10.2. The second-order valence-corrected chi connectivity index (χ2v) is 7.72. The Morgan fingerprint density at radius 2 is 1.73 bits per heavy atom. The molecule has 0 spiro atoms. The molecule has 9 heteroatoms. The Labute approximate surface area is 193 Å². The highest BCUT2D eigenvalue weighted by atomic mass is 16.5. The van der Waals surface area contributed by atoms with Gasteiger partial charge in [0.25, 0.3) is 11.8 Å². The van der Waals surface area contributed by atoms with Crippen LogP contribution in [0.3, 0.4) is 0 Å². The molecule has 0 atom stereocenters. The third kappa shape index (κ3) is 7.50. The van der Waals surface area contributed by atoms with E-state index in [0.717, 1.165) is 31.8 Å². The van der Waals surface area contributed by atoms with Gasteiger partial charge in [0.15, 0.2) is 13.2 Å². The van der Waals surface area contributed by atoms with Crippen LogP contribution in [0.5, 0.6) is 11.5 Å². The second kappa shape index (κ2) is 11.9. The van der Waals surface area contributed by atoms with Crippen LogP contribution in [-0.2, 0) is 20.9 Å². The molecule has 0 saturated carbocycles. The minimum absolute atomic E-state index is 0.226. The summed E-state index contributed by atoms with van der Waals surface area (Å²) >= 11 is 0. The molecular weight excluding hydrogens is 426 g/mol. The Kier molecular flexibility index (Phi) is 8.65. The van der Waals surface area contributed by atoms with Crippen LogP contribution >= 0.6 is 0 Å². The van der Waals surface area contributed by atoms with Crippen LogP contribution in [0.25, 0.3) is 0 Å². The predicted molar refractivity (Wildman–Crippen MR) is 121 cm³/mol. The summed E-state index contributed by atoms with van der Waals surface area (Å²) in [5, 5.41) is 0. The number of nitrogens with two attached hydrogens (primary N) is 1. The van der Waals surface area contributed by atoms with Crippen LogP contribution in [0.1, 0.15) is 22.3 Å². The van der Waals surface area contributed by atoms with Crippen LogP contribution in [0.4, 0.5) is 0 Å². The molecule has 9 nitrogen and oxygen atoms in total. The number of esters is 1. The zero-order valence-corrected chi connectivity index (χ0v) is 18.7. The molecule has 3 rings (SSSR count). The summed E-state index contributed by atoms with van der Waals surface area (Å²) in [4.78, 5) is 39.8. The van der Waals surface area contributed by atoms with E-state index >= 15 is 0 Å². The van der Waals surface area contributed by atoms with Gasteiger partial charge in [0.2, 0.25) is 0 Å². The number of methoxy groups -OCH3 is 1. The lowest BCUT2D eigenvalue weighted by Gasteiger charge is -2.22. The predicted octanol–water partition coefficient (Wildman–Crippen LogP) is 1.45. The molecule has 2 aromatic rings. The van der Waals surface area contributed by atoms with Crippen LogP contribution < -0.4 is 15.2 Å². The molecule has 176 valence electrons. The fraction of sp³-hybridized carbons (Fsp3) is 0.375. The van der Waals surface area contributed by atoms with Crippen molar-refractivity contribution in [3.63, 3.8) is 0 Å². The molecule has 33 heavy (non-hydrogen) atoms. The molecule has 1 fully saturated rings. The Morgan fingerprint density at radius 3 is 2.45 bits per heavy atom. The minimum atomic E-state index is -0.635. The Bertz CT molecular complexity index is 963. The summed E-state index contributed by atoms with van der Waals surface area (Å²) in [6.07, 6.45) is 0.842. The topological polar surface area (TPSA) is 111 Å². The van der Waals surface area contributed by atoms with Gasteiger partial charge in [0.05, 0.1) is 12.7 Å². The molecule has 1 aliphatic rings. The fourth-order valence-electron chi connectivity index (χ4n) is 3.54. The van der Waals surface area contributed by atoms with Crippen molar-refractivity contribution in [2.24, 2.45) is 5.73 Å². The highest BCUT2D eigenvalue weighted by molar-refractivity contribution is 5.91. The van der Waals surface area contributed by atoms with E-state index < -0.39 is 11.9 Å². The average Bonchev–Trinajstić information content (AvgIpc) is 3.07. The maximum Gasteiger partial charge on any atom is 0.338 e. The maximum atomic E-state index is 12.6. The van der Waals surface area contributed by atoms with Crippen molar-refractivity contribution in [1.82, 2.24) is 9.80 Å². The molecule has 1 saturated heterocycles. The first-order chi connectivity index (χ1) is 15.9. The number of ether oxygens (including phenoxy) is 3. The first kappa shape index (κ1) is 24.1. The molecule has 0 bridgehead atoms. The Balaban J connectivity index is 1.46. The third-order valence-corrected chi connectivity index (χ3v) is 5.28. The standard InChI is InChI=1S/C24H29N3O6/c1-31-20-8-6-18(7-9-20)15-26-10-3-11-27(13-12-26)23(29)17-33-24(30)19-4-2-5-21(14-19)32-16-22(25)28/h2,4-9,14H,3,10-13,15-17H2,1H3,(H2,25,28). The number of carbonyl (C=O) groups excluding carboxylic acids is 3. The smallest absolute Gasteiger partial charge is 0.338 e. The maximum absolute atomic E-state index is 12.6. The molecule has 1 heterocycles. The highest BCUT2D eigenvalue weighted by Gasteiger charge is 2.21. The van der Waals surface area contributed by atoms with E-state index in [1.165, 1.54) is 11.6 Å². The number of carbonyl (C=O) groups is 3. The van der Waals surface area contributed by atoms with Crippen molar-refractivity contribution in [2.45, 2.75) is 13.0 Å². The van der Waals surface area contributed by atoms with E-state index in [1.54, 1.807) is 30.2 Å². The van der Waals surface area contributed by atoms with Crippen molar-refractivity contribution < 1.29 is 28.6 Å². The number of hydrogen-bond donors (Lipinski definition) is 1. The van der Waals surface area contributed by atoms with Crippen LogP contribution in [-0.4, -0.2) is 74.1 Å². The molecular formula is C24H29N3O6. The van der Waals surface area contributed by atoms with Gasteiger partial charge in [0.1, 0.15) is 11.5 Å². The van der Waals surface area contributed by atoms with E-state index in [0.29, 0.717) is 18.8 Å². The summed E-state index contributed by atoms with van der Waals surface area (Å²) in [6.45, 7) is 2.99. The first-order valence-corrected chi connectivity index (χ1v) is 10.8. The van der Waals surface area contributed by atoms with Gasteiger partial charge < -0.3 is 24.8 Å². The van der Waals surface area contributed by atoms with Crippen molar-refractivity contribution >= 4 is 17.8 Å². The zero-order chi connectivity index (χ0) is 23.6. The van der Waals surface area contributed by atoms with E-state index in [-0.39, 0.29) is 24.7 Å². The van der Waals surface area contributed by atoms with Crippen LogP contribution in [0.2, 0.25) is 0 Å². The lowest BCUT2D eigenvalue weighted by Crippen LogP contribution is -2.37. The molecule has 0 radical (unpaired) electrons. The molecule has 2 aromatic carbocycles. The summed E-state index contributed by atoms with van der Waals surface area (Å²) in [5.74, 6) is -0.335. The summed E-state index contributed by atoms with van der Waals surface area (Å²) in [6, 6.07) is 14.2. The van der Waals surface area contributed by atoms with E-state index in [2.05, 4.69) is 4.90 Å². The van der Waals surface area contributed by atoms with Crippen molar-refractivity contribution in [1.29, 1.82) is 0 Å². The number of nitrogens with zero attached hydrogens (tertiary/aromatic N) is 2. The van der Waals surface area contributed by atoms with Gasteiger partial charge in [-0.15, -0.1) is 0 Å². The first-order valence-electron chi connectivity index (χ1n) is 10.8. The number of primary amides is 1. The SMILES string of the molecule is COc1ccc(CN2CCCN(C(=O)COC(=O)c3cccc(OCC(N)=O)c3)CC2)cc1. The quantitative estimate of drug-likeness (QED) is 0.570. The molecule has 0 unspecified atom stereocenters. The fourth-order valence-corrected chi connectivity index (χ4v) is 3.54. The number of hydrogen-bond acceptors (Lipinski definition) is 7. The van der Waals surface area contributed by atoms with Crippen molar-refractivity contribution in [2.75, 3.05) is 46.5 Å². The minimum Gasteiger partial charge on any atom is -0.497 e. The third-order valence-electron chi connectivity index (χ3n) is 5.28. The van der Waals surface area contributed by atoms with Gasteiger partial charge >= 0.3 is 5.97 Å². The molecule has 1 aliphatic heterocycles. The van der Waals surface area contributed by atoms with Crippen molar-refractivity contribution in [3.05, 3.63) is 59.7 Å². The average molecular weight is 456 g/mol. The lowest BCUT2D eigenvalue weighted by molar-refractivity contribution is -0.134. The Hall–Kier alpha value is -3.59. The number of rotatable bonds is 9. The largest absolute Gasteiger partial charge is 0.497 e. The zero-order valence-electron chi connectivity index (χ0n) is 18.7. The van der Waals surface area contributed by atoms with Gasteiger partial charge in [-0.25, -0.2) is 4.79 Å². The molecule has 0 aliphatic carbocycles. The van der Waals surface area contributed by atoms with Crippen molar-refractivity contribution in [3.8, 4) is 11.5 Å². The molecule has 0 aromatic heterocycles. The van der Waals surface area contributed by atoms with Gasteiger partial charge in [-0.1, -0.05) is 18.2 Å². The summed E-state index contributed by atoms with van der Waals surface area (Å²) < 4.78 is 15.6. The van der Waals surface area contributed by atoms with Gasteiger partial charge in [-0.3, -0.25) is 14.5 Å². The highest BCUT2D eigenvalue weighted by Crippen LogP contribution is 2.16. The normalized spacial score (nSPS) is 14.3. The monoisotopic (exact) mass is 455 g/mol. The molecule has 2 amide bonds.